The second-order valence-corrected chi connectivity index (χ2v) is 5.07. The molecule has 2 aromatic rings. The average molecular weight is 333 g/mol. The van der Waals surface area contributed by atoms with Crippen LogP contribution in [0, 0.1) is 11.6 Å². The zero-order valence-corrected chi connectivity index (χ0v) is 11.5. The lowest BCUT2D eigenvalue weighted by atomic mass is 9.99. The standard InChI is InChI=1S/C13H9BrClF2N/c14-11-6-8(17)1-3-9(11)13(18)10-5-7(16)2-4-12(10)15/h1-6,13H,18H2. The van der Waals surface area contributed by atoms with Gasteiger partial charge >= 0.3 is 0 Å². The van der Waals surface area contributed by atoms with Gasteiger partial charge in [-0.05, 0) is 41.5 Å². The summed E-state index contributed by atoms with van der Waals surface area (Å²) >= 11 is 9.22. The Labute approximate surface area is 117 Å². The third kappa shape index (κ3) is 2.71. The van der Waals surface area contributed by atoms with Crippen molar-refractivity contribution in [2.24, 2.45) is 5.73 Å². The van der Waals surface area contributed by atoms with Crippen LogP contribution in [0.25, 0.3) is 0 Å². The summed E-state index contributed by atoms with van der Waals surface area (Å²) < 4.78 is 26.7. The van der Waals surface area contributed by atoms with E-state index < -0.39 is 11.9 Å². The lowest BCUT2D eigenvalue weighted by Crippen LogP contribution is -2.13. The SMILES string of the molecule is NC(c1cc(F)ccc1Cl)c1ccc(F)cc1Br. The fourth-order valence-electron chi connectivity index (χ4n) is 1.67. The van der Waals surface area contributed by atoms with Gasteiger partial charge in [-0.2, -0.15) is 0 Å². The first kappa shape index (κ1) is 13.5. The summed E-state index contributed by atoms with van der Waals surface area (Å²) in [7, 11) is 0. The van der Waals surface area contributed by atoms with Crippen LogP contribution in [0.3, 0.4) is 0 Å². The first-order valence-corrected chi connectivity index (χ1v) is 6.31. The van der Waals surface area contributed by atoms with E-state index in [2.05, 4.69) is 15.9 Å². The number of benzene rings is 2. The quantitative estimate of drug-likeness (QED) is 0.865. The lowest BCUT2D eigenvalue weighted by Gasteiger charge is -2.16. The Balaban J connectivity index is 2.47. The van der Waals surface area contributed by atoms with Gasteiger partial charge in [-0.25, -0.2) is 8.78 Å². The molecule has 18 heavy (non-hydrogen) atoms. The number of nitrogens with two attached hydrogens (primary N) is 1. The van der Waals surface area contributed by atoms with Crippen molar-refractivity contribution in [2.45, 2.75) is 6.04 Å². The molecule has 94 valence electrons. The van der Waals surface area contributed by atoms with E-state index in [0.29, 0.717) is 20.6 Å². The van der Waals surface area contributed by atoms with Gasteiger partial charge in [0, 0.05) is 9.50 Å². The molecule has 0 aliphatic carbocycles. The van der Waals surface area contributed by atoms with Gasteiger partial charge in [0.25, 0.3) is 0 Å². The molecule has 1 atom stereocenters. The summed E-state index contributed by atoms with van der Waals surface area (Å²) in [5, 5.41) is 0.375. The van der Waals surface area contributed by atoms with E-state index in [4.69, 9.17) is 17.3 Å². The van der Waals surface area contributed by atoms with E-state index in [1.54, 1.807) is 6.07 Å². The van der Waals surface area contributed by atoms with Crippen molar-refractivity contribution in [3.63, 3.8) is 0 Å². The van der Waals surface area contributed by atoms with Crippen molar-refractivity contribution in [1.82, 2.24) is 0 Å². The highest BCUT2D eigenvalue weighted by Crippen LogP contribution is 2.31. The summed E-state index contributed by atoms with van der Waals surface area (Å²) in [6, 6.07) is 7.52. The van der Waals surface area contributed by atoms with Crippen LogP contribution in [-0.4, -0.2) is 0 Å². The van der Waals surface area contributed by atoms with Gasteiger partial charge in [0.2, 0.25) is 0 Å². The van der Waals surface area contributed by atoms with Gasteiger partial charge < -0.3 is 5.73 Å². The Bertz CT molecular complexity index is 589. The molecule has 0 radical (unpaired) electrons. The molecule has 2 aromatic carbocycles. The first-order chi connectivity index (χ1) is 8.49. The Morgan fingerprint density at radius 3 is 2.28 bits per heavy atom. The second kappa shape index (κ2) is 5.34. The predicted octanol–water partition coefficient (Wildman–Crippen LogP) is 4.43. The van der Waals surface area contributed by atoms with Crippen molar-refractivity contribution < 1.29 is 8.78 Å². The van der Waals surface area contributed by atoms with E-state index in [9.17, 15) is 8.78 Å². The highest BCUT2D eigenvalue weighted by Gasteiger charge is 2.16. The van der Waals surface area contributed by atoms with E-state index >= 15 is 0 Å². The van der Waals surface area contributed by atoms with Gasteiger partial charge in [-0.1, -0.05) is 33.6 Å². The van der Waals surface area contributed by atoms with Gasteiger partial charge in [-0.3, -0.25) is 0 Å². The third-order valence-electron chi connectivity index (χ3n) is 2.59. The largest absolute Gasteiger partial charge is 0.320 e. The van der Waals surface area contributed by atoms with Crippen molar-refractivity contribution in [3.8, 4) is 0 Å². The zero-order chi connectivity index (χ0) is 13.3. The molecule has 0 saturated heterocycles. The highest BCUT2D eigenvalue weighted by molar-refractivity contribution is 9.10. The Morgan fingerprint density at radius 1 is 1.00 bits per heavy atom. The van der Waals surface area contributed by atoms with Gasteiger partial charge in [0.15, 0.2) is 0 Å². The van der Waals surface area contributed by atoms with Crippen molar-refractivity contribution in [2.75, 3.05) is 0 Å². The molecule has 0 saturated carbocycles. The van der Waals surface area contributed by atoms with Crippen LogP contribution in [0.4, 0.5) is 8.78 Å². The Kier molecular flexibility index (Phi) is 4.00. The normalized spacial score (nSPS) is 12.5. The van der Waals surface area contributed by atoms with Crippen molar-refractivity contribution in [1.29, 1.82) is 0 Å². The molecule has 1 nitrogen and oxygen atoms in total. The number of rotatable bonds is 2. The third-order valence-corrected chi connectivity index (χ3v) is 3.62. The van der Waals surface area contributed by atoms with Crippen molar-refractivity contribution in [3.05, 3.63) is 68.7 Å². The minimum absolute atomic E-state index is 0.372. The van der Waals surface area contributed by atoms with Gasteiger partial charge in [-0.15, -0.1) is 0 Å². The average Bonchev–Trinajstić information content (AvgIpc) is 2.31. The topological polar surface area (TPSA) is 26.0 Å². The fourth-order valence-corrected chi connectivity index (χ4v) is 2.51. The van der Waals surface area contributed by atoms with E-state index in [1.165, 1.54) is 30.3 Å². The van der Waals surface area contributed by atoms with Crippen LogP contribution in [-0.2, 0) is 0 Å². The van der Waals surface area contributed by atoms with E-state index in [-0.39, 0.29) is 5.82 Å². The summed E-state index contributed by atoms with van der Waals surface area (Å²) in [4.78, 5) is 0. The summed E-state index contributed by atoms with van der Waals surface area (Å²) in [5.74, 6) is -0.786. The van der Waals surface area contributed by atoms with Crippen molar-refractivity contribution >= 4 is 27.5 Å². The lowest BCUT2D eigenvalue weighted by molar-refractivity contribution is 0.621. The predicted molar refractivity (Wildman–Crippen MR) is 71.5 cm³/mol. The molecule has 0 heterocycles. The smallest absolute Gasteiger partial charge is 0.124 e. The molecule has 5 heteroatoms. The molecular weight excluding hydrogens is 324 g/mol. The number of halogens is 4. The van der Waals surface area contributed by atoms with Gasteiger partial charge in [0.1, 0.15) is 11.6 Å². The first-order valence-electron chi connectivity index (χ1n) is 5.14. The monoisotopic (exact) mass is 331 g/mol. The maximum atomic E-state index is 13.2. The molecule has 2 N–H and O–H groups in total. The molecule has 0 aliphatic rings. The van der Waals surface area contributed by atoms with Crippen LogP contribution < -0.4 is 5.73 Å². The maximum Gasteiger partial charge on any atom is 0.124 e. The van der Waals surface area contributed by atoms with Crippen LogP contribution in [0.2, 0.25) is 5.02 Å². The Morgan fingerprint density at radius 2 is 1.61 bits per heavy atom. The van der Waals surface area contributed by atoms with Crippen LogP contribution in [0.1, 0.15) is 17.2 Å². The maximum absolute atomic E-state index is 13.2. The van der Waals surface area contributed by atoms with E-state index in [0.717, 1.165) is 0 Å². The fraction of sp³-hybridized carbons (Fsp3) is 0.0769. The van der Waals surface area contributed by atoms with Gasteiger partial charge in [0.05, 0.1) is 6.04 Å². The second-order valence-electron chi connectivity index (χ2n) is 3.81. The molecule has 0 bridgehead atoms. The number of hydrogen-bond acceptors (Lipinski definition) is 1. The van der Waals surface area contributed by atoms with Crippen LogP contribution in [0.15, 0.2) is 40.9 Å². The minimum atomic E-state index is -0.622. The summed E-state index contributed by atoms with van der Waals surface area (Å²) in [6.07, 6.45) is 0. The minimum Gasteiger partial charge on any atom is -0.320 e. The number of hydrogen-bond donors (Lipinski definition) is 1. The van der Waals surface area contributed by atoms with E-state index in [1.807, 2.05) is 0 Å². The molecule has 0 amide bonds. The molecule has 1 unspecified atom stereocenters. The summed E-state index contributed by atoms with van der Waals surface area (Å²) in [6.45, 7) is 0. The molecule has 0 aliphatic heterocycles. The van der Waals surface area contributed by atoms with Crippen LogP contribution in [0.5, 0.6) is 0 Å². The molecule has 0 spiro atoms. The molecule has 2 rings (SSSR count). The van der Waals surface area contributed by atoms with Crippen LogP contribution >= 0.6 is 27.5 Å². The molecule has 0 aromatic heterocycles. The zero-order valence-electron chi connectivity index (χ0n) is 9.13. The molecule has 0 fully saturated rings. The Hall–Kier alpha value is -0.970. The molecular formula is C13H9BrClF2N. The highest BCUT2D eigenvalue weighted by atomic mass is 79.9. The summed E-state index contributed by atoms with van der Waals surface area (Å²) in [5.41, 5.74) is 7.14.